The zero-order chi connectivity index (χ0) is 36.6. The van der Waals surface area contributed by atoms with Crippen molar-refractivity contribution >= 4 is 46.3 Å². The third-order valence-electron chi connectivity index (χ3n) is 8.56. The van der Waals surface area contributed by atoms with E-state index in [1.807, 2.05) is 29.8 Å². The maximum atomic E-state index is 13.8. The quantitative estimate of drug-likeness (QED) is 0.0521. The van der Waals surface area contributed by atoms with Crippen molar-refractivity contribution in [3.8, 4) is 0 Å². The summed E-state index contributed by atoms with van der Waals surface area (Å²) in [5.41, 5.74) is 9.42. The molecule has 2 aromatic heterocycles. The Hall–Kier alpha value is -5.30. The zero-order valence-corrected chi connectivity index (χ0v) is 30.1. The second kappa shape index (κ2) is 19.8. The van der Waals surface area contributed by atoms with Gasteiger partial charge in [0.15, 0.2) is 0 Å². The molecule has 0 fully saturated rings. The highest BCUT2D eigenvalue weighted by Crippen LogP contribution is 2.21. The van der Waals surface area contributed by atoms with Gasteiger partial charge in [-0.25, -0.2) is 14.8 Å². The first-order chi connectivity index (χ1) is 24.7. The molecule has 0 atom stereocenters. The molecule has 13 nitrogen and oxygen atoms in total. The Morgan fingerprint density at radius 1 is 0.902 bits per heavy atom. The Bertz CT molecular complexity index is 1750. The van der Waals surface area contributed by atoms with Crippen LogP contribution in [0.4, 0.5) is 16.3 Å². The number of amides is 2. The predicted octanol–water partition coefficient (Wildman–Crippen LogP) is 5.92. The number of nitrogens with one attached hydrogen (secondary N) is 1. The van der Waals surface area contributed by atoms with E-state index in [2.05, 4.69) is 41.0 Å². The standard InChI is InChI=1S/C38H50N8O5/c1-5-8-9-12-24-51-38(49)43-36(39)28-14-17-30(18-15-28)41-27-34-42-31-26-29(16-19-32(31)44(34)4)37(48)46(33-13-10-11-21-40-33)22-20-35(47)50-25-23-45(6-2)7-3/h10-11,13-19,21,26,41H,5-9,12,20,22-25,27H2,1-4H3,(H2,39,43,49). The Morgan fingerprint density at radius 2 is 1.67 bits per heavy atom. The minimum Gasteiger partial charge on any atom is -0.464 e. The van der Waals surface area contributed by atoms with E-state index >= 15 is 0 Å². The molecular formula is C38H50N8O5. The highest BCUT2D eigenvalue weighted by molar-refractivity contribution is 6.07. The fourth-order valence-electron chi connectivity index (χ4n) is 5.46. The number of aromatic nitrogens is 3. The molecule has 13 heteroatoms. The van der Waals surface area contributed by atoms with Gasteiger partial charge in [-0.1, -0.05) is 46.1 Å². The van der Waals surface area contributed by atoms with Crippen LogP contribution in [-0.2, 0) is 27.9 Å². The molecule has 3 N–H and O–H groups in total. The number of carbonyl (C=O) groups is 3. The third kappa shape index (κ3) is 11.4. The van der Waals surface area contributed by atoms with E-state index in [0.717, 1.165) is 55.8 Å². The number of aliphatic imine (C=N–C) groups is 1. The van der Waals surface area contributed by atoms with E-state index < -0.39 is 6.09 Å². The smallest absolute Gasteiger partial charge is 0.435 e. The lowest BCUT2D eigenvalue weighted by atomic mass is 10.1. The molecule has 272 valence electrons. The summed E-state index contributed by atoms with van der Waals surface area (Å²) in [6.45, 7) is 9.86. The van der Waals surface area contributed by atoms with Crippen LogP contribution in [0.15, 0.2) is 71.9 Å². The first-order valence-electron chi connectivity index (χ1n) is 17.6. The number of pyridine rings is 1. The van der Waals surface area contributed by atoms with Crippen LogP contribution in [0.25, 0.3) is 11.0 Å². The number of anilines is 2. The normalized spacial score (nSPS) is 11.5. The summed E-state index contributed by atoms with van der Waals surface area (Å²) in [4.78, 5) is 55.1. The van der Waals surface area contributed by atoms with Crippen LogP contribution < -0.4 is 16.0 Å². The van der Waals surface area contributed by atoms with Crippen LogP contribution in [0.2, 0.25) is 0 Å². The Labute approximate surface area is 299 Å². The number of carbonyl (C=O) groups excluding carboxylic acids is 3. The fourth-order valence-corrected chi connectivity index (χ4v) is 5.46. The van der Waals surface area contributed by atoms with Crippen molar-refractivity contribution in [1.82, 2.24) is 19.4 Å². The number of esters is 1. The van der Waals surface area contributed by atoms with E-state index in [0.29, 0.717) is 48.8 Å². The molecule has 2 aromatic carbocycles. The predicted molar refractivity (Wildman–Crippen MR) is 200 cm³/mol. The molecule has 4 rings (SSSR count). The number of unbranched alkanes of at least 4 members (excludes halogenated alkanes) is 3. The van der Waals surface area contributed by atoms with Gasteiger partial charge >= 0.3 is 12.1 Å². The van der Waals surface area contributed by atoms with Crippen molar-refractivity contribution in [3.05, 3.63) is 83.8 Å². The topological polar surface area (TPSA) is 157 Å². The molecule has 4 aromatic rings. The van der Waals surface area contributed by atoms with E-state index in [4.69, 9.17) is 20.2 Å². The molecule has 0 bridgehead atoms. The third-order valence-corrected chi connectivity index (χ3v) is 8.56. The SMILES string of the molecule is CCCCCCOC(=O)/N=C(\N)c1ccc(NCc2nc3cc(C(=O)N(CCC(=O)OCCN(CC)CC)c4ccccn4)ccc3n2C)cc1. The highest BCUT2D eigenvalue weighted by atomic mass is 16.5. The maximum Gasteiger partial charge on any atom is 0.435 e. The van der Waals surface area contributed by atoms with E-state index in [-0.39, 0.29) is 30.7 Å². The molecular weight excluding hydrogens is 648 g/mol. The lowest BCUT2D eigenvalue weighted by Crippen LogP contribution is -2.34. The second-order valence-electron chi connectivity index (χ2n) is 12.0. The van der Waals surface area contributed by atoms with E-state index in [1.165, 1.54) is 4.90 Å². The summed E-state index contributed by atoms with van der Waals surface area (Å²) in [5, 5.41) is 3.36. The van der Waals surface area contributed by atoms with E-state index in [9.17, 15) is 14.4 Å². The largest absolute Gasteiger partial charge is 0.464 e. The molecule has 0 aliphatic heterocycles. The molecule has 0 radical (unpaired) electrons. The number of aryl methyl sites for hydroxylation is 1. The lowest BCUT2D eigenvalue weighted by molar-refractivity contribution is -0.143. The van der Waals surface area contributed by atoms with Gasteiger partial charge in [-0.15, -0.1) is 0 Å². The summed E-state index contributed by atoms with van der Waals surface area (Å²) < 4.78 is 12.6. The number of likely N-dealkylation sites (N-methyl/N-ethyl adjacent to an activating group) is 1. The number of rotatable bonds is 19. The number of hydrogen-bond acceptors (Lipinski definition) is 9. The number of benzene rings is 2. The average molecular weight is 699 g/mol. The fraction of sp³-hybridized carbons (Fsp3) is 0.421. The van der Waals surface area contributed by atoms with Gasteiger partial charge < -0.3 is 30.0 Å². The van der Waals surface area contributed by atoms with Gasteiger partial charge in [-0.2, -0.15) is 4.99 Å². The summed E-state index contributed by atoms with van der Waals surface area (Å²) >= 11 is 0. The molecule has 0 saturated carbocycles. The molecule has 51 heavy (non-hydrogen) atoms. The number of hydrogen-bond donors (Lipinski definition) is 2. The number of nitrogens with zero attached hydrogens (tertiary/aromatic N) is 6. The summed E-state index contributed by atoms with van der Waals surface area (Å²) in [6, 6.07) is 18.0. The Kier molecular flexibility index (Phi) is 14.9. The average Bonchev–Trinajstić information content (AvgIpc) is 3.47. The first kappa shape index (κ1) is 38.5. The van der Waals surface area contributed by atoms with Crippen LogP contribution in [-0.4, -0.2) is 82.6 Å². The van der Waals surface area contributed by atoms with Crippen molar-refractivity contribution in [2.75, 3.05) is 49.6 Å². The highest BCUT2D eigenvalue weighted by Gasteiger charge is 2.22. The first-order valence-corrected chi connectivity index (χ1v) is 17.6. The molecule has 0 unspecified atom stereocenters. The minimum atomic E-state index is -0.691. The molecule has 0 spiro atoms. The van der Waals surface area contributed by atoms with Crippen LogP contribution in [0, 0.1) is 0 Å². The summed E-state index contributed by atoms with van der Waals surface area (Å²) in [7, 11) is 1.92. The number of imidazole rings is 1. The van der Waals surface area contributed by atoms with Gasteiger partial charge in [-0.3, -0.25) is 14.5 Å². The van der Waals surface area contributed by atoms with Crippen LogP contribution in [0.3, 0.4) is 0 Å². The van der Waals surface area contributed by atoms with Crippen molar-refractivity contribution < 1.29 is 23.9 Å². The minimum absolute atomic E-state index is 0.0360. The van der Waals surface area contributed by atoms with Gasteiger partial charge in [-0.05, 0) is 74.1 Å². The van der Waals surface area contributed by atoms with Gasteiger partial charge in [0.05, 0.1) is 30.6 Å². The number of amidine groups is 1. The van der Waals surface area contributed by atoms with Gasteiger partial charge in [0.1, 0.15) is 24.1 Å². The van der Waals surface area contributed by atoms with Crippen molar-refractivity contribution in [1.29, 1.82) is 0 Å². The monoisotopic (exact) mass is 698 g/mol. The van der Waals surface area contributed by atoms with E-state index in [1.54, 1.807) is 48.7 Å². The summed E-state index contributed by atoms with van der Waals surface area (Å²) in [5.74, 6) is 0.637. The molecule has 2 heterocycles. The molecule has 0 aliphatic carbocycles. The second-order valence-corrected chi connectivity index (χ2v) is 12.0. The summed E-state index contributed by atoms with van der Waals surface area (Å²) in [6.07, 6.45) is 4.99. The lowest BCUT2D eigenvalue weighted by Gasteiger charge is -2.22. The maximum absolute atomic E-state index is 13.8. The zero-order valence-electron chi connectivity index (χ0n) is 30.1. The number of nitrogens with two attached hydrogens (primary N) is 1. The molecule has 2 amide bonds. The van der Waals surface area contributed by atoms with Crippen molar-refractivity contribution in [2.24, 2.45) is 17.8 Å². The molecule has 0 aliphatic rings. The van der Waals surface area contributed by atoms with Crippen LogP contribution >= 0.6 is 0 Å². The van der Waals surface area contributed by atoms with Gasteiger partial charge in [0.2, 0.25) is 0 Å². The number of ether oxygens (including phenoxy) is 2. The Balaban J connectivity index is 1.38. The number of fused-ring (bicyclic) bond motifs is 1. The van der Waals surface area contributed by atoms with Crippen LogP contribution in [0.5, 0.6) is 0 Å². The van der Waals surface area contributed by atoms with Crippen molar-refractivity contribution in [3.63, 3.8) is 0 Å². The van der Waals surface area contributed by atoms with Gasteiger partial charge in [0.25, 0.3) is 5.91 Å². The van der Waals surface area contributed by atoms with Crippen molar-refractivity contribution in [2.45, 2.75) is 59.4 Å². The molecule has 0 saturated heterocycles. The van der Waals surface area contributed by atoms with Gasteiger partial charge in [0, 0.05) is 43.1 Å². The van der Waals surface area contributed by atoms with Crippen LogP contribution in [0.1, 0.15) is 74.6 Å². The Morgan fingerprint density at radius 3 is 2.37 bits per heavy atom.